The van der Waals surface area contributed by atoms with Crippen molar-refractivity contribution in [3.63, 3.8) is 0 Å². The molecule has 5 heteroatoms. The molecule has 1 aromatic rings. The van der Waals surface area contributed by atoms with E-state index in [9.17, 15) is 4.79 Å². The molecule has 1 saturated heterocycles. The molecule has 0 aromatic heterocycles. The van der Waals surface area contributed by atoms with E-state index in [1.54, 1.807) is 25.1 Å². The van der Waals surface area contributed by atoms with E-state index in [1.807, 2.05) is 11.8 Å². The van der Waals surface area contributed by atoms with Crippen molar-refractivity contribution in [1.82, 2.24) is 0 Å². The van der Waals surface area contributed by atoms with E-state index in [1.165, 1.54) is 12.2 Å². The number of nitrogens with two attached hydrogens (primary N) is 1. The van der Waals surface area contributed by atoms with Crippen molar-refractivity contribution in [3.05, 3.63) is 23.8 Å². The lowest BCUT2D eigenvalue weighted by Gasteiger charge is -2.24. The first-order chi connectivity index (χ1) is 9.20. The van der Waals surface area contributed by atoms with Crippen LogP contribution in [0.2, 0.25) is 0 Å². The van der Waals surface area contributed by atoms with Gasteiger partial charge in [0.15, 0.2) is 0 Å². The highest BCUT2D eigenvalue weighted by Gasteiger charge is 2.16. The molecule has 1 aliphatic heterocycles. The standard InChI is InChI=1S/C14H20N2O2S/c1-2-18-14(17)10-5-6-12(15)13(8-10)16-11-4-3-7-19-9-11/h5-6,8,11,16H,2-4,7,9,15H2,1H3. The fourth-order valence-corrected chi connectivity index (χ4v) is 3.17. The summed E-state index contributed by atoms with van der Waals surface area (Å²) in [6.45, 7) is 2.18. The summed E-state index contributed by atoms with van der Waals surface area (Å²) in [5, 5.41) is 3.43. The second kappa shape index (κ2) is 6.70. The number of carbonyl (C=O) groups is 1. The maximum atomic E-state index is 11.7. The third kappa shape index (κ3) is 3.80. The van der Waals surface area contributed by atoms with Crippen molar-refractivity contribution in [2.45, 2.75) is 25.8 Å². The number of esters is 1. The molecule has 3 N–H and O–H groups in total. The Hall–Kier alpha value is -1.36. The molecule has 0 aliphatic carbocycles. The van der Waals surface area contributed by atoms with E-state index in [0.717, 1.165) is 17.9 Å². The smallest absolute Gasteiger partial charge is 0.338 e. The molecule has 1 fully saturated rings. The van der Waals surface area contributed by atoms with Crippen LogP contribution in [0.25, 0.3) is 0 Å². The van der Waals surface area contributed by atoms with Gasteiger partial charge in [-0.05, 0) is 43.7 Å². The van der Waals surface area contributed by atoms with Gasteiger partial charge in [-0.25, -0.2) is 4.79 Å². The van der Waals surface area contributed by atoms with E-state index in [4.69, 9.17) is 10.5 Å². The third-order valence-corrected chi connectivity index (χ3v) is 4.30. The molecule has 4 nitrogen and oxygen atoms in total. The molecule has 1 aromatic carbocycles. The van der Waals surface area contributed by atoms with Crippen LogP contribution in [0.5, 0.6) is 0 Å². The number of ether oxygens (including phenoxy) is 1. The van der Waals surface area contributed by atoms with Gasteiger partial charge in [0, 0.05) is 11.8 Å². The van der Waals surface area contributed by atoms with E-state index >= 15 is 0 Å². The zero-order valence-electron chi connectivity index (χ0n) is 11.1. The van der Waals surface area contributed by atoms with Gasteiger partial charge in [-0.3, -0.25) is 0 Å². The molecule has 0 amide bonds. The molecule has 0 bridgehead atoms. The number of carbonyl (C=O) groups excluding carboxylic acids is 1. The minimum absolute atomic E-state index is 0.302. The first kappa shape index (κ1) is 14.1. The lowest BCUT2D eigenvalue weighted by molar-refractivity contribution is 0.0526. The molecule has 1 aliphatic rings. The molecule has 104 valence electrons. The summed E-state index contributed by atoms with van der Waals surface area (Å²) >= 11 is 1.95. The molecule has 1 atom stereocenters. The number of anilines is 2. The highest BCUT2D eigenvalue weighted by atomic mass is 32.2. The van der Waals surface area contributed by atoms with E-state index in [2.05, 4.69) is 5.32 Å². The van der Waals surface area contributed by atoms with Gasteiger partial charge in [0.25, 0.3) is 0 Å². The quantitative estimate of drug-likeness (QED) is 0.656. The number of nitrogens with one attached hydrogen (secondary N) is 1. The van der Waals surface area contributed by atoms with Crippen LogP contribution in [0.4, 0.5) is 11.4 Å². The van der Waals surface area contributed by atoms with Crippen molar-refractivity contribution in [3.8, 4) is 0 Å². The van der Waals surface area contributed by atoms with Crippen LogP contribution in [0.3, 0.4) is 0 Å². The van der Waals surface area contributed by atoms with Crippen LogP contribution in [0.1, 0.15) is 30.1 Å². The van der Waals surface area contributed by atoms with Crippen LogP contribution < -0.4 is 11.1 Å². The Kier molecular flexibility index (Phi) is 4.96. The monoisotopic (exact) mass is 280 g/mol. The second-order valence-corrected chi connectivity index (χ2v) is 5.73. The van der Waals surface area contributed by atoms with E-state index in [-0.39, 0.29) is 5.97 Å². The highest BCUT2D eigenvalue weighted by molar-refractivity contribution is 7.99. The predicted octanol–water partition coefficient (Wildman–Crippen LogP) is 2.75. The summed E-state index contributed by atoms with van der Waals surface area (Å²) in [5.74, 6) is 2.02. The number of hydrogen-bond acceptors (Lipinski definition) is 5. The molecule has 0 saturated carbocycles. The maximum Gasteiger partial charge on any atom is 0.338 e. The number of nitrogen functional groups attached to an aromatic ring is 1. The van der Waals surface area contributed by atoms with E-state index < -0.39 is 0 Å². The largest absolute Gasteiger partial charge is 0.462 e. The van der Waals surface area contributed by atoms with Crippen LogP contribution >= 0.6 is 11.8 Å². The van der Waals surface area contributed by atoms with Gasteiger partial charge in [0.1, 0.15) is 0 Å². The average molecular weight is 280 g/mol. The Morgan fingerprint density at radius 2 is 2.42 bits per heavy atom. The average Bonchev–Trinajstić information content (AvgIpc) is 2.42. The van der Waals surface area contributed by atoms with Gasteiger partial charge < -0.3 is 15.8 Å². The van der Waals surface area contributed by atoms with Gasteiger partial charge in [0.05, 0.1) is 23.5 Å². The second-order valence-electron chi connectivity index (χ2n) is 4.58. The lowest BCUT2D eigenvalue weighted by atomic mass is 10.1. The van der Waals surface area contributed by atoms with Crippen molar-refractivity contribution in [1.29, 1.82) is 0 Å². The van der Waals surface area contributed by atoms with Crippen molar-refractivity contribution in [2.24, 2.45) is 0 Å². The van der Waals surface area contributed by atoms with E-state index in [0.29, 0.717) is 23.9 Å². The minimum Gasteiger partial charge on any atom is -0.462 e. The fraction of sp³-hybridized carbons (Fsp3) is 0.500. The zero-order valence-corrected chi connectivity index (χ0v) is 12.0. The first-order valence-corrected chi connectivity index (χ1v) is 7.77. The summed E-state index contributed by atoms with van der Waals surface area (Å²) in [4.78, 5) is 11.7. The fourth-order valence-electron chi connectivity index (χ4n) is 2.10. The molecular formula is C14H20N2O2S. The molecule has 0 radical (unpaired) electrons. The van der Waals surface area contributed by atoms with Crippen LogP contribution in [-0.4, -0.2) is 30.1 Å². The van der Waals surface area contributed by atoms with Gasteiger partial charge in [0.2, 0.25) is 0 Å². The Labute approximate surface area is 118 Å². The third-order valence-electron chi connectivity index (χ3n) is 3.08. The topological polar surface area (TPSA) is 64.3 Å². The Morgan fingerprint density at radius 1 is 1.58 bits per heavy atom. The molecular weight excluding hydrogens is 260 g/mol. The van der Waals surface area contributed by atoms with Crippen molar-refractivity contribution < 1.29 is 9.53 Å². The predicted molar refractivity (Wildman–Crippen MR) is 80.8 cm³/mol. The zero-order chi connectivity index (χ0) is 13.7. The van der Waals surface area contributed by atoms with Crippen LogP contribution in [0.15, 0.2) is 18.2 Å². The molecule has 1 unspecified atom stereocenters. The maximum absolute atomic E-state index is 11.7. The highest BCUT2D eigenvalue weighted by Crippen LogP contribution is 2.25. The Morgan fingerprint density at radius 3 is 3.11 bits per heavy atom. The summed E-state index contributed by atoms with van der Waals surface area (Å²) < 4.78 is 5.00. The SMILES string of the molecule is CCOC(=O)c1ccc(N)c(NC2CCCSC2)c1. The van der Waals surface area contributed by atoms with Gasteiger partial charge in [-0.2, -0.15) is 11.8 Å². The summed E-state index contributed by atoms with van der Waals surface area (Å²) in [6, 6.07) is 5.67. The minimum atomic E-state index is -0.302. The molecule has 1 heterocycles. The lowest BCUT2D eigenvalue weighted by Crippen LogP contribution is -2.26. The summed E-state index contributed by atoms with van der Waals surface area (Å²) in [5.41, 5.74) is 8.00. The normalized spacial score (nSPS) is 18.9. The van der Waals surface area contributed by atoms with Crippen LogP contribution in [-0.2, 0) is 4.74 Å². The van der Waals surface area contributed by atoms with Crippen molar-refractivity contribution >= 4 is 29.1 Å². The van der Waals surface area contributed by atoms with Crippen LogP contribution in [0, 0.1) is 0 Å². The molecule has 19 heavy (non-hydrogen) atoms. The van der Waals surface area contributed by atoms with Crippen molar-refractivity contribution in [2.75, 3.05) is 29.2 Å². The van der Waals surface area contributed by atoms with Gasteiger partial charge >= 0.3 is 5.97 Å². The summed E-state index contributed by atoms with van der Waals surface area (Å²) in [7, 11) is 0. The Balaban J connectivity index is 2.10. The van der Waals surface area contributed by atoms with Gasteiger partial charge in [-0.15, -0.1) is 0 Å². The molecule has 2 rings (SSSR count). The Bertz CT molecular complexity index is 445. The number of rotatable bonds is 4. The number of hydrogen-bond donors (Lipinski definition) is 2. The molecule has 0 spiro atoms. The number of thioether (sulfide) groups is 1. The summed E-state index contributed by atoms with van der Waals surface area (Å²) in [6.07, 6.45) is 2.37. The number of benzene rings is 1. The first-order valence-electron chi connectivity index (χ1n) is 6.61. The van der Waals surface area contributed by atoms with Gasteiger partial charge in [-0.1, -0.05) is 0 Å².